The van der Waals surface area contributed by atoms with E-state index in [-0.39, 0.29) is 5.69 Å². The first-order chi connectivity index (χ1) is 9.98. The number of hydrogen-bond donors (Lipinski definition) is 0. The molecule has 2 rings (SSSR count). The summed E-state index contributed by atoms with van der Waals surface area (Å²) in [6.07, 6.45) is 5.08. The van der Waals surface area contributed by atoms with Gasteiger partial charge in [0.25, 0.3) is 5.69 Å². The van der Waals surface area contributed by atoms with Crippen molar-refractivity contribution in [1.82, 2.24) is 0 Å². The number of nitrogens with zero attached hydrogens (tertiary/aromatic N) is 2. The third-order valence-corrected chi connectivity index (χ3v) is 4.57. The van der Waals surface area contributed by atoms with Crippen LogP contribution in [0.5, 0.6) is 0 Å². The van der Waals surface area contributed by atoms with Crippen molar-refractivity contribution in [1.29, 1.82) is 5.26 Å². The minimum absolute atomic E-state index is 0.250. The number of halogens is 1. The lowest BCUT2D eigenvalue weighted by molar-refractivity contribution is -0.385. The zero-order chi connectivity index (χ0) is 15.5. The van der Waals surface area contributed by atoms with E-state index in [1.54, 1.807) is 0 Å². The molecule has 1 fully saturated rings. The van der Waals surface area contributed by atoms with E-state index in [0.717, 1.165) is 38.2 Å². The quantitative estimate of drug-likeness (QED) is 0.610. The molecule has 0 unspecified atom stereocenters. The molecule has 0 aliphatic heterocycles. The van der Waals surface area contributed by atoms with Crippen molar-refractivity contribution < 1.29 is 9.31 Å². The first kappa shape index (κ1) is 15.4. The fourth-order valence-corrected chi connectivity index (χ4v) is 3.20. The monoisotopic (exact) mass is 290 g/mol. The summed E-state index contributed by atoms with van der Waals surface area (Å²) in [4.78, 5) is 10.2. The van der Waals surface area contributed by atoms with Crippen LogP contribution in [0.1, 0.15) is 44.6 Å². The van der Waals surface area contributed by atoms with E-state index in [0.29, 0.717) is 17.9 Å². The van der Waals surface area contributed by atoms with Crippen molar-refractivity contribution >= 4 is 5.69 Å². The van der Waals surface area contributed by atoms with Crippen LogP contribution in [0.15, 0.2) is 18.2 Å². The second-order valence-corrected chi connectivity index (χ2v) is 6.00. The van der Waals surface area contributed by atoms with Crippen molar-refractivity contribution in [2.75, 3.05) is 0 Å². The highest BCUT2D eigenvalue weighted by atomic mass is 19.1. The second-order valence-electron chi connectivity index (χ2n) is 6.00. The predicted octanol–water partition coefficient (Wildman–Crippen LogP) is 4.39. The molecular formula is C16H19FN2O2. The smallest absolute Gasteiger partial charge is 0.258 e. The van der Waals surface area contributed by atoms with Crippen LogP contribution in [-0.4, -0.2) is 4.92 Å². The van der Waals surface area contributed by atoms with Gasteiger partial charge in [-0.1, -0.05) is 13.3 Å². The SMILES string of the molecule is CCC1CCC(C#N)(Cc2cc(F)cc([N+](=O)[O-])c2)CC1. The summed E-state index contributed by atoms with van der Waals surface area (Å²) in [5, 5.41) is 20.3. The Morgan fingerprint density at radius 1 is 1.43 bits per heavy atom. The lowest BCUT2D eigenvalue weighted by atomic mass is 9.68. The first-order valence-corrected chi connectivity index (χ1v) is 7.33. The van der Waals surface area contributed by atoms with Gasteiger partial charge in [-0.15, -0.1) is 0 Å². The highest BCUT2D eigenvalue weighted by Crippen LogP contribution is 2.42. The van der Waals surface area contributed by atoms with Crippen molar-refractivity contribution in [2.45, 2.75) is 45.4 Å². The van der Waals surface area contributed by atoms with Gasteiger partial charge in [-0.2, -0.15) is 5.26 Å². The number of nitro groups is 1. The minimum atomic E-state index is -0.616. The highest BCUT2D eigenvalue weighted by molar-refractivity contribution is 5.36. The van der Waals surface area contributed by atoms with Crippen LogP contribution in [0.2, 0.25) is 0 Å². The number of benzene rings is 1. The van der Waals surface area contributed by atoms with E-state index in [1.165, 1.54) is 12.1 Å². The molecule has 1 aliphatic rings. The molecule has 0 saturated heterocycles. The van der Waals surface area contributed by atoms with Gasteiger partial charge in [0, 0.05) is 6.07 Å². The summed E-state index contributed by atoms with van der Waals surface area (Å²) < 4.78 is 13.5. The van der Waals surface area contributed by atoms with Crippen LogP contribution >= 0.6 is 0 Å². The van der Waals surface area contributed by atoms with Crippen LogP contribution in [-0.2, 0) is 6.42 Å². The average Bonchev–Trinajstić information content (AvgIpc) is 2.47. The van der Waals surface area contributed by atoms with Crippen LogP contribution < -0.4 is 0 Å². The lowest BCUT2D eigenvalue weighted by Crippen LogP contribution is -2.28. The molecule has 1 aromatic carbocycles. The summed E-state index contributed by atoms with van der Waals surface area (Å²) >= 11 is 0. The predicted molar refractivity (Wildman–Crippen MR) is 77.1 cm³/mol. The molecule has 0 aromatic heterocycles. The molecule has 1 saturated carbocycles. The molecule has 0 bridgehead atoms. The molecular weight excluding hydrogens is 271 g/mol. The van der Waals surface area contributed by atoms with E-state index in [2.05, 4.69) is 13.0 Å². The summed E-state index contributed by atoms with van der Waals surface area (Å²) in [5.74, 6) is 0.0443. The Kier molecular flexibility index (Phi) is 4.56. The summed E-state index contributed by atoms with van der Waals surface area (Å²) in [6, 6.07) is 5.99. The Morgan fingerprint density at radius 2 is 2.10 bits per heavy atom. The standard InChI is InChI=1S/C16H19FN2O2/c1-2-12-3-5-16(11-18,6-4-12)10-13-7-14(17)9-15(8-13)19(20)21/h7-9,12H,2-6,10H2,1H3. The number of hydrogen-bond acceptors (Lipinski definition) is 3. The largest absolute Gasteiger partial charge is 0.272 e. The van der Waals surface area contributed by atoms with Gasteiger partial charge in [-0.05, 0) is 49.7 Å². The Hall–Kier alpha value is -1.96. The van der Waals surface area contributed by atoms with Crippen LogP contribution in [0.4, 0.5) is 10.1 Å². The van der Waals surface area contributed by atoms with Gasteiger partial charge in [0.2, 0.25) is 0 Å². The number of nitro benzene ring substituents is 1. The normalized spacial score (nSPS) is 25.3. The molecule has 1 aromatic rings. The lowest BCUT2D eigenvalue weighted by Gasteiger charge is -2.34. The maximum absolute atomic E-state index is 13.5. The third kappa shape index (κ3) is 3.57. The number of nitriles is 1. The molecule has 5 heteroatoms. The summed E-state index contributed by atoms with van der Waals surface area (Å²) in [6.45, 7) is 2.15. The Morgan fingerprint density at radius 3 is 2.62 bits per heavy atom. The van der Waals surface area contributed by atoms with Crippen molar-refractivity contribution in [3.63, 3.8) is 0 Å². The van der Waals surface area contributed by atoms with Crippen molar-refractivity contribution in [2.24, 2.45) is 11.3 Å². The van der Waals surface area contributed by atoms with Crippen LogP contribution in [0.3, 0.4) is 0 Å². The van der Waals surface area contributed by atoms with Gasteiger partial charge in [0.05, 0.1) is 22.5 Å². The Bertz CT molecular complexity index is 572. The summed E-state index contributed by atoms with van der Waals surface area (Å²) in [7, 11) is 0. The van der Waals surface area contributed by atoms with Gasteiger partial charge in [-0.3, -0.25) is 10.1 Å². The van der Waals surface area contributed by atoms with Gasteiger partial charge in [-0.25, -0.2) is 4.39 Å². The Labute approximate surface area is 123 Å². The first-order valence-electron chi connectivity index (χ1n) is 7.33. The van der Waals surface area contributed by atoms with E-state index in [9.17, 15) is 19.8 Å². The zero-order valence-electron chi connectivity index (χ0n) is 12.1. The maximum atomic E-state index is 13.5. The van der Waals surface area contributed by atoms with Gasteiger partial charge in [0.1, 0.15) is 5.82 Å². The van der Waals surface area contributed by atoms with Gasteiger partial charge in [0.15, 0.2) is 0 Å². The minimum Gasteiger partial charge on any atom is -0.258 e. The fourth-order valence-electron chi connectivity index (χ4n) is 3.20. The van der Waals surface area contributed by atoms with Crippen molar-refractivity contribution in [3.05, 3.63) is 39.7 Å². The number of rotatable bonds is 4. The molecule has 112 valence electrons. The molecule has 0 radical (unpaired) electrons. The number of non-ortho nitro benzene ring substituents is 1. The van der Waals surface area contributed by atoms with Crippen LogP contribution in [0, 0.1) is 38.6 Å². The fraction of sp³-hybridized carbons (Fsp3) is 0.562. The highest BCUT2D eigenvalue weighted by Gasteiger charge is 2.35. The molecule has 4 nitrogen and oxygen atoms in total. The molecule has 0 spiro atoms. The third-order valence-electron chi connectivity index (χ3n) is 4.57. The molecule has 0 N–H and O–H groups in total. The van der Waals surface area contributed by atoms with E-state index in [4.69, 9.17) is 0 Å². The molecule has 21 heavy (non-hydrogen) atoms. The van der Waals surface area contributed by atoms with E-state index in [1.807, 2.05) is 0 Å². The van der Waals surface area contributed by atoms with Crippen molar-refractivity contribution in [3.8, 4) is 6.07 Å². The molecule has 0 amide bonds. The molecule has 1 aliphatic carbocycles. The Balaban J connectivity index is 2.20. The maximum Gasteiger partial charge on any atom is 0.272 e. The summed E-state index contributed by atoms with van der Waals surface area (Å²) in [5.41, 5.74) is -0.216. The second kappa shape index (κ2) is 6.21. The molecule has 0 heterocycles. The van der Waals surface area contributed by atoms with E-state index >= 15 is 0 Å². The van der Waals surface area contributed by atoms with Gasteiger partial charge < -0.3 is 0 Å². The van der Waals surface area contributed by atoms with Gasteiger partial charge >= 0.3 is 0 Å². The molecule has 0 atom stereocenters. The zero-order valence-corrected chi connectivity index (χ0v) is 12.1. The van der Waals surface area contributed by atoms with Crippen LogP contribution in [0.25, 0.3) is 0 Å². The topological polar surface area (TPSA) is 66.9 Å². The van der Waals surface area contributed by atoms with E-state index < -0.39 is 16.2 Å². The average molecular weight is 290 g/mol.